The zero-order valence-corrected chi connectivity index (χ0v) is 23.0. The predicted octanol–water partition coefficient (Wildman–Crippen LogP) is 6.30. The summed E-state index contributed by atoms with van der Waals surface area (Å²) < 4.78 is 13.4. The average Bonchev–Trinajstić information content (AvgIpc) is 3.37. The number of allylic oxidation sites excluding steroid dienone is 1. The first-order valence-electron chi connectivity index (χ1n) is 12.9. The van der Waals surface area contributed by atoms with Gasteiger partial charge in [0, 0.05) is 11.4 Å². The van der Waals surface area contributed by atoms with E-state index in [1.807, 2.05) is 85.8 Å². The number of benzene rings is 3. The predicted molar refractivity (Wildman–Crippen MR) is 154 cm³/mol. The third-order valence-corrected chi connectivity index (χ3v) is 7.33. The number of anilines is 2. The second-order valence-electron chi connectivity index (χ2n) is 9.08. The maximum atomic E-state index is 13.9. The van der Waals surface area contributed by atoms with Crippen LogP contribution >= 0.6 is 11.8 Å². The van der Waals surface area contributed by atoms with Crippen molar-refractivity contribution < 1.29 is 14.3 Å². The Bertz CT molecular complexity index is 1480. The molecule has 1 amide bonds. The largest absolute Gasteiger partial charge is 0.495 e. The molecule has 3 aromatic carbocycles. The van der Waals surface area contributed by atoms with E-state index in [1.54, 1.807) is 23.6 Å². The second-order valence-corrected chi connectivity index (χ2v) is 10.1. The number of hydrogen-bond donors (Lipinski definition) is 2. The van der Waals surface area contributed by atoms with Crippen molar-refractivity contribution in [2.75, 3.05) is 23.5 Å². The van der Waals surface area contributed by atoms with Crippen LogP contribution in [-0.4, -0.2) is 33.5 Å². The quantitative estimate of drug-likeness (QED) is 0.228. The molecule has 1 aliphatic rings. The van der Waals surface area contributed by atoms with Crippen molar-refractivity contribution in [3.05, 3.63) is 101 Å². The molecule has 0 spiro atoms. The van der Waals surface area contributed by atoms with Gasteiger partial charge in [-0.25, -0.2) is 4.68 Å². The van der Waals surface area contributed by atoms with Gasteiger partial charge in [0.05, 0.1) is 18.4 Å². The summed E-state index contributed by atoms with van der Waals surface area (Å²) in [5.74, 6) is 2.54. The Morgan fingerprint density at radius 3 is 2.67 bits per heavy atom. The minimum absolute atomic E-state index is 0.256. The van der Waals surface area contributed by atoms with Crippen LogP contribution in [0.15, 0.2) is 95.3 Å². The second kappa shape index (κ2) is 12.1. The van der Waals surface area contributed by atoms with Gasteiger partial charge in [0.1, 0.15) is 24.1 Å². The zero-order valence-electron chi connectivity index (χ0n) is 22.2. The number of thioether (sulfide) groups is 1. The van der Waals surface area contributed by atoms with E-state index in [2.05, 4.69) is 17.6 Å². The summed E-state index contributed by atoms with van der Waals surface area (Å²) in [6.07, 6.45) is 1.01. The summed E-state index contributed by atoms with van der Waals surface area (Å²) in [5, 5.41) is 11.8. The number of carbonyl (C=O) groups is 1. The number of nitrogens with zero attached hydrogens (tertiary/aromatic N) is 3. The number of nitrogens with one attached hydrogen (secondary N) is 2. The van der Waals surface area contributed by atoms with E-state index >= 15 is 0 Å². The van der Waals surface area contributed by atoms with Crippen LogP contribution in [0.3, 0.4) is 0 Å². The highest BCUT2D eigenvalue weighted by molar-refractivity contribution is 7.99. The Hall–Kier alpha value is -4.24. The van der Waals surface area contributed by atoms with Gasteiger partial charge in [-0.1, -0.05) is 73.3 Å². The number of amides is 1. The maximum Gasteiger partial charge on any atom is 0.255 e. The molecule has 0 fully saturated rings. The first-order valence-corrected chi connectivity index (χ1v) is 13.8. The number of fused-ring (bicyclic) bond motifs is 1. The molecule has 5 rings (SSSR count). The molecule has 9 heteroatoms. The fraction of sp³-hybridized carbons (Fsp3) is 0.233. The van der Waals surface area contributed by atoms with Gasteiger partial charge in [-0.2, -0.15) is 4.98 Å². The van der Waals surface area contributed by atoms with E-state index in [0.717, 1.165) is 23.3 Å². The molecule has 0 saturated heterocycles. The van der Waals surface area contributed by atoms with Gasteiger partial charge in [-0.3, -0.25) is 4.79 Å². The lowest BCUT2D eigenvalue weighted by atomic mass is 9.94. The summed E-state index contributed by atoms with van der Waals surface area (Å²) in [6.45, 7) is 4.45. The van der Waals surface area contributed by atoms with Crippen molar-refractivity contribution in [2.45, 2.75) is 38.1 Å². The van der Waals surface area contributed by atoms with E-state index in [4.69, 9.17) is 19.6 Å². The minimum Gasteiger partial charge on any atom is -0.495 e. The molecule has 1 atom stereocenters. The van der Waals surface area contributed by atoms with Crippen LogP contribution in [0.5, 0.6) is 11.5 Å². The van der Waals surface area contributed by atoms with Crippen LogP contribution in [0.4, 0.5) is 11.6 Å². The third-order valence-electron chi connectivity index (χ3n) is 6.29. The molecule has 200 valence electrons. The Morgan fingerprint density at radius 2 is 1.87 bits per heavy atom. The fourth-order valence-corrected chi connectivity index (χ4v) is 5.12. The summed E-state index contributed by atoms with van der Waals surface area (Å²) in [4.78, 5) is 18.6. The highest BCUT2D eigenvalue weighted by Gasteiger charge is 2.35. The molecule has 8 nitrogen and oxygen atoms in total. The van der Waals surface area contributed by atoms with Gasteiger partial charge in [0.15, 0.2) is 0 Å². The minimum atomic E-state index is -0.514. The van der Waals surface area contributed by atoms with Crippen molar-refractivity contribution in [1.82, 2.24) is 14.8 Å². The van der Waals surface area contributed by atoms with Gasteiger partial charge in [0.25, 0.3) is 5.91 Å². The van der Waals surface area contributed by atoms with Gasteiger partial charge < -0.3 is 20.1 Å². The molecule has 0 saturated carbocycles. The standard InChI is InChI=1S/C30H31N5O3S/c1-4-17-39-30-33-29-31-20(2)26(28(36)32-24-15-8-9-16-25(24)37-3)27(35(29)34-30)22-13-10-14-23(18-22)38-19-21-11-6-5-7-12-21/h5-16,18,27H,4,17,19H2,1-3H3,(H,32,36)(H,31,33,34). The molecule has 39 heavy (non-hydrogen) atoms. The molecule has 0 bridgehead atoms. The first-order chi connectivity index (χ1) is 19.1. The van der Waals surface area contributed by atoms with Crippen LogP contribution in [0.1, 0.15) is 37.4 Å². The molecular weight excluding hydrogens is 510 g/mol. The van der Waals surface area contributed by atoms with Crippen LogP contribution < -0.4 is 20.1 Å². The van der Waals surface area contributed by atoms with Crippen LogP contribution in [0, 0.1) is 0 Å². The number of hydrogen-bond acceptors (Lipinski definition) is 7. The third kappa shape index (κ3) is 5.93. The van der Waals surface area contributed by atoms with Crippen LogP contribution in [0.25, 0.3) is 0 Å². The molecule has 1 aromatic heterocycles. The van der Waals surface area contributed by atoms with Crippen molar-refractivity contribution in [1.29, 1.82) is 0 Å². The van der Waals surface area contributed by atoms with Crippen molar-refractivity contribution in [3.63, 3.8) is 0 Å². The van der Waals surface area contributed by atoms with Crippen LogP contribution in [0.2, 0.25) is 0 Å². The normalized spacial score (nSPS) is 14.4. The van der Waals surface area contributed by atoms with Gasteiger partial charge in [-0.05, 0) is 48.7 Å². The smallest absolute Gasteiger partial charge is 0.255 e. The maximum absolute atomic E-state index is 13.9. The summed E-state index contributed by atoms with van der Waals surface area (Å²) in [5.41, 5.74) is 3.77. The number of ether oxygens (including phenoxy) is 2. The van der Waals surface area contributed by atoms with Crippen molar-refractivity contribution in [2.24, 2.45) is 0 Å². The SMILES string of the molecule is CCCSc1nc2n(n1)C(c1cccc(OCc3ccccc3)c1)C(C(=O)Nc1ccccc1OC)=C(C)N2. The summed E-state index contributed by atoms with van der Waals surface area (Å²) in [7, 11) is 1.58. The van der Waals surface area contributed by atoms with Crippen LogP contribution in [-0.2, 0) is 11.4 Å². The number of rotatable bonds is 10. The lowest BCUT2D eigenvalue weighted by Crippen LogP contribution is -2.31. The summed E-state index contributed by atoms with van der Waals surface area (Å²) in [6, 6.07) is 24.7. The molecule has 2 heterocycles. The monoisotopic (exact) mass is 541 g/mol. The summed E-state index contributed by atoms with van der Waals surface area (Å²) >= 11 is 1.60. The highest BCUT2D eigenvalue weighted by atomic mass is 32.2. The van der Waals surface area contributed by atoms with E-state index < -0.39 is 6.04 Å². The molecule has 0 radical (unpaired) electrons. The topological polar surface area (TPSA) is 90.3 Å². The number of para-hydroxylation sites is 2. The lowest BCUT2D eigenvalue weighted by molar-refractivity contribution is -0.113. The van der Waals surface area contributed by atoms with Gasteiger partial charge in [0.2, 0.25) is 11.1 Å². The molecule has 2 N–H and O–H groups in total. The molecule has 4 aromatic rings. The van der Waals surface area contributed by atoms with E-state index in [9.17, 15) is 4.79 Å². The first kappa shape index (κ1) is 26.4. The van der Waals surface area contributed by atoms with E-state index in [-0.39, 0.29) is 5.91 Å². The van der Waals surface area contributed by atoms with E-state index in [1.165, 1.54) is 0 Å². The van der Waals surface area contributed by atoms with Crippen molar-refractivity contribution >= 4 is 29.3 Å². The zero-order chi connectivity index (χ0) is 27.2. The lowest BCUT2D eigenvalue weighted by Gasteiger charge is -2.29. The molecule has 0 aliphatic carbocycles. The average molecular weight is 542 g/mol. The highest BCUT2D eigenvalue weighted by Crippen LogP contribution is 2.38. The molecule has 1 unspecified atom stereocenters. The number of carbonyl (C=O) groups excluding carboxylic acids is 1. The van der Waals surface area contributed by atoms with Gasteiger partial charge >= 0.3 is 0 Å². The molecule has 1 aliphatic heterocycles. The number of aromatic nitrogens is 3. The van der Waals surface area contributed by atoms with Crippen molar-refractivity contribution in [3.8, 4) is 11.5 Å². The Labute approximate surface area is 232 Å². The Kier molecular flexibility index (Phi) is 8.17. The van der Waals surface area contributed by atoms with Gasteiger partial charge in [-0.15, -0.1) is 5.10 Å². The fourth-order valence-electron chi connectivity index (χ4n) is 4.44. The Morgan fingerprint density at radius 1 is 1.08 bits per heavy atom. The molecular formula is C30H31N5O3S. The Balaban J connectivity index is 1.51. The number of methoxy groups -OCH3 is 1. The van der Waals surface area contributed by atoms with E-state index in [0.29, 0.717) is 46.2 Å².